The zero-order chi connectivity index (χ0) is 27.7. The lowest BCUT2D eigenvalue weighted by atomic mass is 9.90. The molecule has 0 spiro atoms. The van der Waals surface area contributed by atoms with Gasteiger partial charge in [0.15, 0.2) is 0 Å². The Kier molecular flexibility index (Phi) is 10.6. The monoisotopic (exact) mass is 519 g/mol. The van der Waals surface area contributed by atoms with Gasteiger partial charge in [0.25, 0.3) is 0 Å². The van der Waals surface area contributed by atoms with Gasteiger partial charge in [0.2, 0.25) is 0 Å². The van der Waals surface area contributed by atoms with E-state index in [0.29, 0.717) is 35.7 Å². The third kappa shape index (κ3) is 7.98. The van der Waals surface area contributed by atoms with Crippen LogP contribution >= 0.6 is 0 Å². The van der Waals surface area contributed by atoms with Gasteiger partial charge in [-0.1, -0.05) is 52.0 Å². The van der Waals surface area contributed by atoms with Crippen LogP contribution in [0.4, 0.5) is 0 Å². The number of aromatic nitrogens is 1. The van der Waals surface area contributed by atoms with Gasteiger partial charge >= 0.3 is 5.97 Å². The van der Waals surface area contributed by atoms with E-state index in [-0.39, 0.29) is 12.3 Å². The summed E-state index contributed by atoms with van der Waals surface area (Å²) in [5.41, 5.74) is 5.03. The first-order chi connectivity index (χ1) is 18.4. The Labute approximate surface area is 227 Å². The van der Waals surface area contributed by atoms with Crippen LogP contribution in [0.25, 0.3) is 11.3 Å². The van der Waals surface area contributed by atoms with Crippen molar-refractivity contribution in [2.24, 2.45) is 11.8 Å². The zero-order valence-electron chi connectivity index (χ0n) is 23.5. The minimum atomic E-state index is -0.744. The lowest BCUT2D eigenvalue weighted by molar-refractivity contribution is -0.137. The van der Waals surface area contributed by atoms with Crippen molar-refractivity contribution in [2.75, 3.05) is 14.2 Å². The molecule has 0 saturated heterocycles. The molecule has 1 aliphatic rings. The van der Waals surface area contributed by atoms with Gasteiger partial charge in [0, 0.05) is 11.6 Å². The summed E-state index contributed by atoms with van der Waals surface area (Å²) in [7, 11) is 3.28. The predicted octanol–water partition coefficient (Wildman–Crippen LogP) is 7.54. The topological polar surface area (TPSA) is 77.9 Å². The normalized spacial score (nSPS) is 13.3. The molecule has 0 bridgehead atoms. The molecule has 2 aromatic carbocycles. The summed E-state index contributed by atoms with van der Waals surface area (Å²) in [4.78, 5) is 16.1. The van der Waals surface area contributed by atoms with Crippen LogP contribution < -0.4 is 14.2 Å². The fraction of sp³-hybridized carbons (Fsp3) is 0.438. The van der Waals surface area contributed by atoms with Crippen molar-refractivity contribution < 1.29 is 24.1 Å². The highest BCUT2D eigenvalue weighted by Crippen LogP contribution is 2.44. The smallest absolute Gasteiger partial charge is 0.303 e. The molecule has 1 unspecified atom stereocenters. The molecule has 1 fully saturated rings. The van der Waals surface area contributed by atoms with Crippen LogP contribution in [0.3, 0.4) is 0 Å². The van der Waals surface area contributed by atoms with E-state index in [1.165, 1.54) is 0 Å². The molecule has 1 aliphatic carbocycles. The van der Waals surface area contributed by atoms with E-state index >= 15 is 0 Å². The second-order valence-corrected chi connectivity index (χ2v) is 9.95. The Morgan fingerprint density at radius 3 is 2.26 bits per heavy atom. The van der Waals surface area contributed by atoms with Gasteiger partial charge in [-0.25, -0.2) is 0 Å². The molecular weight excluding hydrogens is 478 g/mol. The van der Waals surface area contributed by atoms with Crippen LogP contribution in [0, 0.1) is 11.8 Å². The Morgan fingerprint density at radius 1 is 1.00 bits per heavy atom. The summed E-state index contributed by atoms with van der Waals surface area (Å²) in [5, 5.41) is 9.35. The predicted molar refractivity (Wildman–Crippen MR) is 151 cm³/mol. The summed E-state index contributed by atoms with van der Waals surface area (Å²) in [6.07, 6.45) is 5.00. The molecule has 6 heteroatoms. The molecule has 3 aromatic rings. The van der Waals surface area contributed by atoms with Crippen LogP contribution in [0.1, 0.15) is 69.6 Å². The largest absolute Gasteiger partial charge is 0.497 e. The highest BCUT2D eigenvalue weighted by Gasteiger charge is 2.33. The van der Waals surface area contributed by atoms with E-state index in [1.54, 1.807) is 20.4 Å². The second-order valence-electron chi connectivity index (χ2n) is 9.95. The molecule has 1 N–H and O–H groups in total. The summed E-state index contributed by atoms with van der Waals surface area (Å²) in [6.45, 7) is 8.76. The lowest BCUT2D eigenvalue weighted by Gasteiger charge is -2.17. The first-order valence-corrected chi connectivity index (χ1v) is 13.5. The minimum Gasteiger partial charge on any atom is -0.497 e. The summed E-state index contributed by atoms with van der Waals surface area (Å²) < 4.78 is 17.1. The first kappa shape index (κ1) is 29.0. The average molecular weight is 520 g/mol. The minimum absolute atomic E-state index is 0.0703. The quantitative estimate of drug-likeness (QED) is 0.266. The van der Waals surface area contributed by atoms with Crippen molar-refractivity contribution in [3.05, 3.63) is 71.4 Å². The van der Waals surface area contributed by atoms with Crippen LogP contribution in [-0.2, 0) is 17.8 Å². The van der Waals surface area contributed by atoms with Crippen LogP contribution in [-0.4, -0.2) is 30.3 Å². The van der Waals surface area contributed by atoms with Gasteiger partial charge in [-0.3, -0.25) is 9.78 Å². The van der Waals surface area contributed by atoms with Crippen LogP contribution in [0.5, 0.6) is 17.2 Å². The van der Waals surface area contributed by atoms with Crippen LogP contribution in [0.15, 0.2) is 54.7 Å². The number of carboxylic acids is 1. The fourth-order valence-corrected chi connectivity index (χ4v) is 4.69. The average Bonchev–Trinajstić information content (AvgIpc) is 3.76. The lowest BCUT2D eigenvalue weighted by Crippen LogP contribution is -2.09. The van der Waals surface area contributed by atoms with Gasteiger partial charge in [0.1, 0.15) is 23.9 Å². The second kappa shape index (κ2) is 13.8. The Balaban J connectivity index is 0.00000195. The number of carbonyl (C=O) groups is 1. The molecule has 6 nitrogen and oxygen atoms in total. The van der Waals surface area contributed by atoms with E-state index in [1.807, 2.05) is 50.2 Å². The molecule has 1 aromatic heterocycles. The fourth-order valence-electron chi connectivity index (χ4n) is 4.69. The van der Waals surface area contributed by atoms with Crippen molar-refractivity contribution in [1.82, 2.24) is 4.98 Å². The molecular formula is C32H41NO5. The first-order valence-electron chi connectivity index (χ1n) is 13.5. The van der Waals surface area contributed by atoms with Crippen molar-refractivity contribution in [2.45, 2.75) is 65.9 Å². The third-order valence-electron chi connectivity index (χ3n) is 6.56. The number of rotatable bonds is 12. The summed E-state index contributed by atoms with van der Waals surface area (Å²) >= 11 is 0. The Bertz CT molecular complexity index is 1180. The number of hydrogen-bond acceptors (Lipinski definition) is 5. The number of ether oxygens (including phenoxy) is 3. The molecule has 1 atom stereocenters. The maximum absolute atomic E-state index is 11.4. The molecule has 4 rings (SSSR count). The summed E-state index contributed by atoms with van der Waals surface area (Å²) in [6, 6.07) is 16.0. The van der Waals surface area contributed by atoms with E-state index in [9.17, 15) is 9.90 Å². The summed E-state index contributed by atoms with van der Waals surface area (Å²) in [5.74, 6) is 2.39. The van der Waals surface area contributed by atoms with E-state index in [2.05, 4.69) is 26.0 Å². The van der Waals surface area contributed by atoms with E-state index in [4.69, 9.17) is 19.2 Å². The Morgan fingerprint density at radius 2 is 1.68 bits per heavy atom. The molecule has 1 heterocycles. The molecule has 204 valence electrons. The van der Waals surface area contributed by atoms with Crippen molar-refractivity contribution in [3.8, 4) is 28.5 Å². The molecule has 0 aliphatic heterocycles. The maximum atomic E-state index is 11.4. The van der Waals surface area contributed by atoms with Crippen molar-refractivity contribution in [1.29, 1.82) is 0 Å². The number of aliphatic carboxylic acids is 1. The molecule has 1 saturated carbocycles. The highest BCUT2D eigenvalue weighted by atomic mass is 16.5. The number of nitrogens with zero attached hydrogens (tertiary/aromatic N) is 1. The maximum Gasteiger partial charge on any atom is 0.303 e. The SMILES string of the molecule is CC.COc1cc(OC)cc(-c2ncc(OCc3cccc(C(CC(=O)O)C4CC4)c3)cc2CC(C)C)c1. The zero-order valence-corrected chi connectivity index (χ0v) is 23.5. The van der Waals surface area contributed by atoms with Crippen molar-refractivity contribution >= 4 is 5.97 Å². The van der Waals surface area contributed by atoms with Gasteiger partial charge < -0.3 is 19.3 Å². The molecule has 0 radical (unpaired) electrons. The highest BCUT2D eigenvalue weighted by molar-refractivity contribution is 5.68. The number of carboxylic acid groups (broad SMARTS) is 1. The Hall–Kier alpha value is -3.54. The van der Waals surface area contributed by atoms with Gasteiger partial charge in [0.05, 0.1) is 32.5 Å². The van der Waals surface area contributed by atoms with Gasteiger partial charge in [-0.2, -0.15) is 0 Å². The number of hydrogen-bond donors (Lipinski definition) is 1. The number of pyridine rings is 1. The van der Waals surface area contributed by atoms with Crippen molar-refractivity contribution in [3.63, 3.8) is 0 Å². The molecule has 38 heavy (non-hydrogen) atoms. The van der Waals surface area contributed by atoms with E-state index < -0.39 is 5.97 Å². The van der Waals surface area contributed by atoms with Gasteiger partial charge in [-0.05, 0) is 71.9 Å². The van der Waals surface area contributed by atoms with Crippen LogP contribution in [0.2, 0.25) is 0 Å². The number of methoxy groups -OCH3 is 2. The molecule has 0 amide bonds. The standard InChI is InChI=1S/C30H35NO5.C2H6/c1-19(2)10-23-14-27(17-31-30(23)24-12-25(34-3)15-26(13-24)35-4)36-18-20-6-5-7-22(11-20)28(16-29(32)33)21-8-9-21;1-2/h5-7,11-15,17,19,21,28H,8-10,16,18H2,1-4H3,(H,32,33);1-2H3. The van der Waals surface area contributed by atoms with Gasteiger partial charge in [-0.15, -0.1) is 0 Å². The number of benzene rings is 2. The third-order valence-corrected chi connectivity index (χ3v) is 6.56. The van der Waals surface area contributed by atoms with E-state index in [0.717, 1.165) is 47.2 Å².